The first kappa shape index (κ1) is 14.0. The van der Waals surface area contributed by atoms with Crippen LogP contribution in [0.2, 0.25) is 0 Å². The van der Waals surface area contributed by atoms with E-state index in [-0.39, 0.29) is 11.0 Å². The lowest BCUT2D eigenvalue weighted by molar-refractivity contribution is 0.0207. The normalized spacial score (nSPS) is 24.7. The molecule has 1 aromatic rings. The average Bonchev–Trinajstić information content (AvgIpc) is 2.87. The first-order chi connectivity index (χ1) is 8.39. The number of nitrogens with zero attached hydrogens (tertiary/aromatic N) is 1. The van der Waals surface area contributed by atoms with Crippen LogP contribution < -0.4 is 5.32 Å². The summed E-state index contributed by atoms with van der Waals surface area (Å²) in [6, 6.07) is 0. The highest BCUT2D eigenvalue weighted by molar-refractivity contribution is 7.09. The molecule has 3 nitrogen and oxygen atoms in total. The van der Waals surface area contributed by atoms with Crippen molar-refractivity contribution in [1.82, 2.24) is 10.3 Å². The molecule has 0 spiro atoms. The maximum absolute atomic E-state index is 5.76. The van der Waals surface area contributed by atoms with Gasteiger partial charge >= 0.3 is 0 Å². The van der Waals surface area contributed by atoms with Crippen LogP contribution in [0.15, 0.2) is 5.38 Å². The zero-order valence-electron chi connectivity index (χ0n) is 11.9. The number of rotatable bonds is 4. The number of nitrogens with one attached hydrogen (secondary N) is 1. The van der Waals surface area contributed by atoms with Gasteiger partial charge in [0.1, 0.15) is 5.01 Å². The van der Waals surface area contributed by atoms with Gasteiger partial charge in [-0.2, -0.15) is 0 Å². The van der Waals surface area contributed by atoms with Crippen molar-refractivity contribution in [3.63, 3.8) is 0 Å². The summed E-state index contributed by atoms with van der Waals surface area (Å²) in [6.07, 6.45) is 2.34. The molecule has 2 heterocycles. The summed E-state index contributed by atoms with van der Waals surface area (Å²) in [5.74, 6) is 0. The van der Waals surface area contributed by atoms with E-state index >= 15 is 0 Å². The van der Waals surface area contributed by atoms with E-state index in [1.807, 2.05) is 0 Å². The standard InChI is InChI=1S/C14H24N2OS/c1-13(2,3)11-9-18-12(16-11)8-15-10-14(4)6-5-7-17-14/h9,15H,5-8,10H2,1-4H3. The minimum absolute atomic E-state index is 0.0319. The highest BCUT2D eigenvalue weighted by Crippen LogP contribution is 2.25. The number of aromatic nitrogens is 1. The van der Waals surface area contributed by atoms with E-state index in [2.05, 4.69) is 43.4 Å². The molecule has 0 amide bonds. The molecule has 1 saturated heterocycles. The highest BCUT2D eigenvalue weighted by atomic mass is 32.1. The lowest BCUT2D eigenvalue weighted by atomic mass is 9.93. The van der Waals surface area contributed by atoms with Crippen LogP contribution in [0.1, 0.15) is 51.2 Å². The molecule has 2 rings (SSSR count). The van der Waals surface area contributed by atoms with Crippen LogP contribution in [0.4, 0.5) is 0 Å². The Hall–Kier alpha value is -0.450. The predicted molar refractivity (Wildman–Crippen MR) is 76.1 cm³/mol. The fourth-order valence-electron chi connectivity index (χ4n) is 2.15. The summed E-state index contributed by atoms with van der Waals surface area (Å²) in [5.41, 5.74) is 1.37. The second kappa shape index (κ2) is 5.27. The van der Waals surface area contributed by atoms with Gasteiger partial charge < -0.3 is 10.1 Å². The van der Waals surface area contributed by atoms with Gasteiger partial charge in [0, 0.05) is 30.5 Å². The maximum Gasteiger partial charge on any atom is 0.107 e. The SMILES string of the molecule is CC1(CNCc2nc(C(C)(C)C)cs2)CCCO1. The molecule has 1 aliphatic heterocycles. The van der Waals surface area contributed by atoms with E-state index in [0.717, 1.165) is 26.1 Å². The van der Waals surface area contributed by atoms with Crippen molar-refractivity contribution in [2.75, 3.05) is 13.2 Å². The topological polar surface area (TPSA) is 34.2 Å². The van der Waals surface area contributed by atoms with Crippen molar-refractivity contribution in [3.8, 4) is 0 Å². The van der Waals surface area contributed by atoms with Crippen LogP contribution in [-0.4, -0.2) is 23.7 Å². The second-order valence-electron chi connectivity index (χ2n) is 6.38. The van der Waals surface area contributed by atoms with Crippen LogP contribution in [-0.2, 0) is 16.7 Å². The van der Waals surface area contributed by atoms with E-state index in [0.29, 0.717) is 0 Å². The first-order valence-corrected chi connectivity index (χ1v) is 7.57. The molecule has 1 N–H and O–H groups in total. The number of hydrogen-bond acceptors (Lipinski definition) is 4. The molecule has 1 aliphatic rings. The van der Waals surface area contributed by atoms with E-state index in [1.54, 1.807) is 11.3 Å². The predicted octanol–water partition coefficient (Wildman–Crippen LogP) is 3.10. The molecule has 0 aromatic carbocycles. The molecule has 1 atom stereocenters. The average molecular weight is 268 g/mol. The molecule has 18 heavy (non-hydrogen) atoms. The van der Waals surface area contributed by atoms with Gasteiger partial charge in [0.15, 0.2) is 0 Å². The van der Waals surface area contributed by atoms with Crippen molar-refractivity contribution in [1.29, 1.82) is 0 Å². The zero-order valence-corrected chi connectivity index (χ0v) is 12.7. The molecule has 1 unspecified atom stereocenters. The van der Waals surface area contributed by atoms with E-state index in [4.69, 9.17) is 4.74 Å². The lowest BCUT2D eigenvalue weighted by Gasteiger charge is -2.23. The summed E-state index contributed by atoms with van der Waals surface area (Å²) >= 11 is 1.74. The second-order valence-corrected chi connectivity index (χ2v) is 7.32. The quantitative estimate of drug-likeness (QED) is 0.911. The molecule has 1 aromatic heterocycles. The van der Waals surface area contributed by atoms with Gasteiger partial charge in [0.25, 0.3) is 0 Å². The fourth-order valence-corrected chi connectivity index (χ4v) is 3.14. The Morgan fingerprint density at radius 3 is 2.83 bits per heavy atom. The zero-order chi connectivity index (χ0) is 13.2. The summed E-state index contributed by atoms with van der Waals surface area (Å²) in [7, 11) is 0. The minimum atomic E-state index is 0.0319. The van der Waals surface area contributed by atoms with Crippen LogP contribution in [0.3, 0.4) is 0 Å². The smallest absolute Gasteiger partial charge is 0.107 e. The third-order valence-corrected chi connectivity index (χ3v) is 4.24. The van der Waals surface area contributed by atoms with Crippen molar-refractivity contribution >= 4 is 11.3 Å². The lowest BCUT2D eigenvalue weighted by Crippen LogP contribution is -2.36. The fraction of sp³-hybridized carbons (Fsp3) is 0.786. The Morgan fingerprint density at radius 2 is 2.28 bits per heavy atom. The highest BCUT2D eigenvalue weighted by Gasteiger charge is 2.29. The summed E-state index contributed by atoms with van der Waals surface area (Å²) in [4.78, 5) is 4.68. The first-order valence-electron chi connectivity index (χ1n) is 6.69. The molecular weight excluding hydrogens is 244 g/mol. The van der Waals surface area contributed by atoms with Gasteiger partial charge in [0.2, 0.25) is 0 Å². The summed E-state index contributed by atoms with van der Waals surface area (Å²) in [6.45, 7) is 11.5. The van der Waals surface area contributed by atoms with Crippen LogP contribution in [0.25, 0.3) is 0 Å². The van der Waals surface area contributed by atoms with Gasteiger partial charge in [-0.3, -0.25) is 0 Å². The maximum atomic E-state index is 5.76. The Bertz CT molecular complexity index is 389. The number of thiazole rings is 1. The largest absolute Gasteiger partial charge is 0.374 e. The molecule has 0 saturated carbocycles. The Kier molecular flexibility index (Phi) is 4.09. The number of hydrogen-bond donors (Lipinski definition) is 1. The Morgan fingerprint density at radius 1 is 1.50 bits per heavy atom. The van der Waals surface area contributed by atoms with Gasteiger partial charge in [-0.05, 0) is 19.8 Å². The van der Waals surface area contributed by atoms with Crippen LogP contribution >= 0.6 is 11.3 Å². The van der Waals surface area contributed by atoms with Gasteiger partial charge in [-0.25, -0.2) is 4.98 Å². The van der Waals surface area contributed by atoms with E-state index in [9.17, 15) is 0 Å². The summed E-state index contributed by atoms with van der Waals surface area (Å²) < 4.78 is 5.76. The molecule has 0 radical (unpaired) electrons. The van der Waals surface area contributed by atoms with Crippen molar-refractivity contribution in [2.45, 2.75) is 58.1 Å². The Balaban J connectivity index is 1.82. The third-order valence-electron chi connectivity index (χ3n) is 3.40. The molecule has 0 aliphatic carbocycles. The van der Waals surface area contributed by atoms with Crippen molar-refractivity contribution in [3.05, 3.63) is 16.1 Å². The molecule has 0 bridgehead atoms. The molecule has 4 heteroatoms. The van der Waals surface area contributed by atoms with Crippen molar-refractivity contribution < 1.29 is 4.74 Å². The van der Waals surface area contributed by atoms with Gasteiger partial charge in [-0.15, -0.1) is 11.3 Å². The van der Waals surface area contributed by atoms with Crippen molar-refractivity contribution in [2.24, 2.45) is 0 Å². The van der Waals surface area contributed by atoms with Gasteiger partial charge in [-0.1, -0.05) is 20.8 Å². The van der Waals surface area contributed by atoms with Crippen LogP contribution in [0.5, 0.6) is 0 Å². The number of ether oxygens (including phenoxy) is 1. The van der Waals surface area contributed by atoms with Crippen LogP contribution in [0, 0.1) is 0 Å². The molecule has 1 fully saturated rings. The molecular formula is C14H24N2OS. The van der Waals surface area contributed by atoms with E-state index in [1.165, 1.54) is 17.1 Å². The molecule has 102 valence electrons. The van der Waals surface area contributed by atoms with E-state index < -0.39 is 0 Å². The minimum Gasteiger partial charge on any atom is -0.374 e. The van der Waals surface area contributed by atoms with Gasteiger partial charge in [0.05, 0.1) is 11.3 Å². The third kappa shape index (κ3) is 3.53. The summed E-state index contributed by atoms with van der Waals surface area (Å²) in [5, 5.41) is 6.81. The Labute approximate surface area is 114 Å². The monoisotopic (exact) mass is 268 g/mol.